The summed E-state index contributed by atoms with van der Waals surface area (Å²) in [5, 5.41) is 18.8. The average Bonchev–Trinajstić information content (AvgIpc) is 2.46. The van der Waals surface area contributed by atoms with E-state index in [1.165, 1.54) is 0 Å². The number of aromatic amines is 1. The molecule has 3 N–H and O–H groups in total. The van der Waals surface area contributed by atoms with Gasteiger partial charge in [-0.2, -0.15) is 0 Å². The van der Waals surface area contributed by atoms with Crippen molar-refractivity contribution < 1.29 is 10.0 Å². The topological polar surface area (TPSA) is 56.2 Å². The van der Waals surface area contributed by atoms with E-state index in [2.05, 4.69) is 20.9 Å². The van der Waals surface area contributed by atoms with Crippen molar-refractivity contribution in [1.29, 1.82) is 0 Å². The number of H-pyrrole nitrogens is 1. The largest absolute Gasteiger partial charge is 0.505 e. The van der Waals surface area contributed by atoms with Gasteiger partial charge in [0.2, 0.25) is 0 Å². The molecule has 2 aromatic rings. The Kier molecular flexibility index (Phi) is 2.15. The molecule has 0 radical (unpaired) electrons. The summed E-state index contributed by atoms with van der Waals surface area (Å²) < 4.78 is 0.970. The fraction of sp³-hybridized carbons (Fsp3) is 0. The van der Waals surface area contributed by atoms with Crippen LogP contribution in [0.2, 0.25) is 0 Å². The molecule has 66 valence electrons. The molecule has 0 saturated carbocycles. The Morgan fingerprint density at radius 3 is 2.69 bits per heavy atom. The van der Waals surface area contributed by atoms with Crippen molar-refractivity contribution in [2.45, 2.75) is 0 Å². The van der Waals surface area contributed by atoms with Gasteiger partial charge in [-0.1, -0.05) is 15.9 Å². The molecule has 0 atom stereocenters. The Bertz CT molecular complexity index is 441. The van der Waals surface area contributed by atoms with Crippen LogP contribution < -0.4 is 5.59 Å². The molecule has 3 nitrogen and oxygen atoms in total. The molecule has 0 spiro atoms. The SMILES string of the molecule is OB(O)c1cc2cc(Br)ccc2[nH]1. The Morgan fingerprint density at radius 1 is 1.23 bits per heavy atom. The van der Waals surface area contributed by atoms with Gasteiger partial charge in [0, 0.05) is 21.0 Å². The molecule has 0 amide bonds. The first-order chi connectivity index (χ1) is 6.16. The van der Waals surface area contributed by atoms with Gasteiger partial charge in [-0.25, -0.2) is 0 Å². The fourth-order valence-corrected chi connectivity index (χ4v) is 1.64. The van der Waals surface area contributed by atoms with Gasteiger partial charge in [0.25, 0.3) is 0 Å². The van der Waals surface area contributed by atoms with Gasteiger partial charge in [-0.3, -0.25) is 0 Å². The van der Waals surface area contributed by atoms with Gasteiger partial charge in [-0.05, 0) is 24.3 Å². The summed E-state index contributed by atoms with van der Waals surface area (Å²) in [6.45, 7) is 0. The van der Waals surface area contributed by atoms with Crippen molar-refractivity contribution in [1.82, 2.24) is 4.98 Å². The van der Waals surface area contributed by atoms with Crippen LogP contribution in [0.15, 0.2) is 28.7 Å². The van der Waals surface area contributed by atoms with Gasteiger partial charge < -0.3 is 15.0 Å². The molecule has 5 heteroatoms. The second-order valence-electron chi connectivity index (χ2n) is 2.83. The zero-order valence-electron chi connectivity index (χ0n) is 6.66. The Hall–Kier alpha value is -0.775. The van der Waals surface area contributed by atoms with E-state index in [1.54, 1.807) is 6.07 Å². The molecule has 1 aromatic carbocycles. The molecule has 0 aliphatic carbocycles. The Balaban J connectivity index is 2.62. The molecule has 0 bridgehead atoms. The van der Waals surface area contributed by atoms with Crippen LogP contribution in [0.3, 0.4) is 0 Å². The lowest BCUT2D eigenvalue weighted by Crippen LogP contribution is -2.30. The van der Waals surface area contributed by atoms with Gasteiger partial charge in [0.1, 0.15) is 0 Å². The van der Waals surface area contributed by atoms with Gasteiger partial charge in [0.05, 0.1) is 0 Å². The smallest absolute Gasteiger partial charge is 0.422 e. The molecule has 0 aliphatic heterocycles. The summed E-state index contributed by atoms with van der Waals surface area (Å²) in [7, 11) is -1.44. The van der Waals surface area contributed by atoms with Crippen LogP contribution in [-0.2, 0) is 0 Å². The first kappa shape index (κ1) is 8.81. The number of hydrogen-bond donors (Lipinski definition) is 3. The summed E-state index contributed by atoms with van der Waals surface area (Å²) >= 11 is 3.34. The van der Waals surface area contributed by atoms with Crippen molar-refractivity contribution in [2.24, 2.45) is 0 Å². The average molecular weight is 240 g/mol. The molecule has 0 aliphatic rings. The predicted molar refractivity (Wildman–Crippen MR) is 55.8 cm³/mol. The Morgan fingerprint density at radius 2 is 2.00 bits per heavy atom. The third-order valence-corrected chi connectivity index (χ3v) is 2.38. The summed E-state index contributed by atoms with van der Waals surface area (Å²) in [4.78, 5) is 2.90. The third kappa shape index (κ3) is 1.63. The van der Waals surface area contributed by atoms with Gasteiger partial charge in [0.15, 0.2) is 0 Å². The highest BCUT2D eigenvalue weighted by Crippen LogP contribution is 2.17. The van der Waals surface area contributed by atoms with E-state index in [0.717, 1.165) is 15.4 Å². The van der Waals surface area contributed by atoms with E-state index in [-0.39, 0.29) is 0 Å². The molecule has 0 fully saturated rings. The van der Waals surface area contributed by atoms with E-state index < -0.39 is 7.12 Å². The van der Waals surface area contributed by atoms with E-state index >= 15 is 0 Å². The fourth-order valence-electron chi connectivity index (χ4n) is 1.27. The standard InChI is InChI=1S/C8H7BBrNO2/c10-6-1-2-7-5(3-6)4-8(11-7)9(12)13/h1-4,11-13H. The minimum atomic E-state index is -1.44. The maximum Gasteiger partial charge on any atom is 0.505 e. The van der Waals surface area contributed by atoms with Gasteiger partial charge in [-0.15, -0.1) is 0 Å². The first-order valence-electron chi connectivity index (χ1n) is 3.81. The maximum atomic E-state index is 8.91. The molecule has 1 heterocycles. The Labute approximate surface area is 83.7 Å². The number of nitrogens with one attached hydrogen (secondary N) is 1. The second-order valence-corrected chi connectivity index (χ2v) is 3.75. The summed E-state index contributed by atoms with van der Waals surface area (Å²) in [6.07, 6.45) is 0. The lowest BCUT2D eigenvalue weighted by Gasteiger charge is -1.90. The maximum absolute atomic E-state index is 8.91. The number of hydrogen-bond acceptors (Lipinski definition) is 2. The molecule has 0 unspecified atom stereocenters. The predicted octanol–water partition coefficient (Wildman–Crippen LogP) is 0.610. The lowest BCUT2D eigenvalue weighted by molar-refractivity contribution is 0.424. The second kappa shape index (κ2) is 3.18. The quantitative estimate of drug-likeness (QED) is 0.639. The normalized spacial score (nSPS) is 10.7. The molecule has 2 rings (SSSR count). The van der Waals surface area contributed by atoms with Crippen LogP contribution in [0.4, 0.5) is 0 Å². The molecular weight excluding hydrogens is 233 g/mol. The molecule has 0 saturated heterocycles. The highest BCUT2D eigenvalue weighted by molar-refractivity contribution is 9.10. The van der Waals surface area contributed by atoms with E-state index in [9.17, 15) is 0 Å². The van der Waals surface area contributed by atoms with Gasteiger partial charge >= 0.3 is 7.12 Å². The monoisotopic (exact) mass is 239 g/mol. The summed E-state index contributed by atoms with van der Waals surface area (Å²) in [6, 6.07) is 7.40. The number of aromatic nitrogens is 1. The number of fused-ring (bicyclic) bond motifs is 1. The minimum Gasteiger partial charge on any atom is -0.422 e. The van der Waals surface area contributed by atoms with Crippen LogP contribution in [0, 0.1) is 0 Å². The minimum absolute atomic E-state index is 0.410. The summed E-state index contributed by atoms with van der Waals surface area (Å²) in [5.41, 5.74) is 1.31. The van der Waals surface area contributed by atoms with E-state index in [4.69, 9.17) is 10.0 Å². The van der Waals surface area contributed by atoms with Crippen molar-refractivity contribution in [2.75, 3.05) is 0 Å². The van der Waals surface area contributed by atoms with Crippen LogP contribution in [0.25, 0.3) is 10.9 Å². The molecule has 1 aromatic heterocycles. The van der Waals surface area contributed by atoms with Crippen molar-refractivity contribution >= 4 is 39.5 Å². The van der Waals surface area contributed by atoms with Crippen molar-refractivity contribution in [3.05, 3.63) is 28.7 Å². The zero-order chi connectivity index (χ0) is 9.42. The lowest BCUT2D eigenvalue weighted by atomic mass is 9.87. The van der Waals surface area contributed by atoms with Crippen molar-refractivity contribution in [3.8, 4) is 0 Å². The van der Waals surface area contributed by atoms with Crippen LogP contribution >= 0.6 is 15.9 Å². The summed E-state index contributed by atoms with van der Waals surface area (Å²) in [5.74, 6) is 0. The number of halogens is 1. The van der Waals surface area contributed by atoms with Crippen LogP contribution in [0.1, 0.15) is 0 Å². The first-order valence-corrected chi connectivity index (χ1v) is 4.60. The zero-order valence-corrected chi connectivity index (χ0v) is 8.25. The van der Waals surface area contributed by atoms with Crippen LogP contribution in [-0.4, -0.2) is 22.2 Å². The molecular formula is C8H7BBrNO2. The highest BCUT2D eigenvalue weighted by atomic mass is 79.9. The van der Waals surface area contributed by atoms with Crippen LogP contribution in [0.5, 0.6) is 0 Å². The number of benzene rings is 1. The highest BCUT2D eigenvalue weighted by Gasteiger charge is 2.13. The van der Waals surface area contributed by atoms with Crippen molar-refractivity contribution in [3.63, 3.8) is 0 Å². The van der Waals surface area contributed by atoms with E-state index in [0.29, 0.717) is 5.59 Å². The number of rotatable bonds is 1. The molecule has 13 heavy (non-hydrogen) atoms. The third-order valence-electron chi connectivity index (χ3n) is 1.88. The van der Waals surface area contributed by atoms with E-state index in [1.807, 2.05) is 18.2 Å².